The van der Waals surface area contributed by atoms with E-state index in [9.17, 15) is 9.90 Å². The van der Waals surface area contributed by atoms with Crippen LogP contribution in [0.4, 0.5) is 5.69 Å². The van der Waals surface area contributed by atoms with Gasteiger partial charge in [-0.05, 0) is 86.6 Å². The molecule has 0 bridgehead atoms. The highest BCUT2D eigenvalue weighted by Gasteiger charge is 2.43. The lowest BCUT2D eigenvalue weighted by molar-refractivity contribution is -0.145. The molecule has 0 amide bonds. The molecule has 39 heavy (non-hydrogen) atoms. The Balaban J connectivity index is 1.09. The monoisotopic (exact) mass is 529 g/mol. The number of carboxylic acid groups (broad SMARTS) is 1. The summed E-state index contributed by atoms with van der Waals surface area (Å²) in [6.45, 7) is 7.61. The molecule has 3 atom stereocenters. The number of nitrogens with zero attached hydrogens (tertiary/aromatic N) is 3. The van der Waals surface area contributed by atoms with E-state index in [4.69, 9.17) is 0 Å². The number of benzene rings is 2. The highest BCUT2D eigenvalue weighted by atomic mass is 16.4. The lowest BCUT2D eigenvalue weighted by atomic mass is 9.83. The van der Waals surface area contributed by atoms with E-state index in [1.165, 1.54) is 87.9 Å². The van der Waals surface area contributed by atoms with Gasteiger partial charge in [0.25, 0.3) is 0 Å². The average molecular weight is 530 g/mol. The third kappa shape index (κ3) is 6.20. The summed E-state index contributed by atoms with van der Waals surface area (Å²) in [6, 6.07) is 19.6. The Labute approximate surface area is 235 Å². The Morgan fingerprint density at radius 1 is 0.821 bits per heavy atom. The first kappa shape index (κ1) is 26.8. The molecule has 3 unspecified atom stereocenters. The molecule has 3 fully saturated rings. The van der Waals surface area contributed by atoms with Crippen molar-refractivity contribution in [1.29, 1.82) is 0 Å². The highest BCUT2D eigenvalue weighted by Crippen LogP contribution is 2.39. The van der Waals surface area contributed by atoms with Gasteiger partial charge in [0.05, 0.1) is 0 Å². The zero-order valence-electron chi connectivity index (χ0n) is 23.6. The number of carbonyl (C=O) groups is 1. The van der Waals surface area contributed by atoms with Crippen LogP contribution in [0, 0.1) is 17.8 Å². The molecule has 2 saturated heterocycles. The van der Waals surface area contributed by atoms with Crippen LogP contribution in [0.2, 0.25) is 0 Å². The normalized spacial score (nSPS) is 26.4. The Kier molecular flexibility index (Phi) is 8.55. The molecule has 2 aromatic carbocycles. The fourth-order valence-corrected chi connectivity index (χ4v) is 8.30. The van der Waals surface area contributed by atoms with Gasteiger partial charge in [-0.25, -0.2) is 0 Å². The molecule has 0 radical (unpaired) electrons. The number of para-hydroxylation sites is 1. The van der Waals surface area contributed by atoms with Crippen molar-refractivity contribution < 1.29 is 9.90 Å². The third-order valence-electron chi connectivity index (χ3n) is 10.3. The molecule has 5 nitrogen and oxygen atoms in total. The topological polar surface area (TPSA) is 47.0 Å². The van der Waals surface area contributed by atoms with E-state index >= 15 is 0 Å². The SMILES string of the molecule is O=C(O)C(C1CCCCC1)N1CC(CN2CCC(CN3CCCc4ccccc43)CC2)C(c2ccccc2)C1. The number of aliphatic carboxylic acids is 1. The summed E-state index contributed by atoms with van der Waals surface area (Å²) in [5, 5.41) is 10.3. The summed E-state index contributed by atoms with van der Waals surface area (Å²) in [4.78, 5) is 20.3. The number of anilines is 1. The number of fused-ring (bicyclic) bond motifs is 1. The van der Waals surface area contributed by atoms with Crippen molar-refractivity contribution in [1.82, 2.24) is 9.80 Å². The molecule has 1 N–H and O–H groups in total. The largest absolute Gasteiger partial charge is 0.480 e. The summed E-state index contributed by atoms with van der Waals surface area (Å²) in [5.74, 6) is 1.37. The zero-order chi connectivity index (χ0) is 26.6. The molecule has 3 aliphatic heterocycles. The van der Waals surface area contributed by atoms with Gasteiger partial charge in [-0.1, -0.05) is 67.8 Å². The maximum absolute atomic E-state index is 12.5. The molecule has 0 spiro atoms. The molecule has 6 rings (SSSR count). The number of hydrogen-bond acceptors (Lipinski definition) is 4. The van der Waals surface area contributed by atoms with Gasteiger partial charge in [0.1, 0.15) is 6.04 Å². The first-order chi connectivity index (χ1) is 19.2. The van der Waals surface area contributed by atoms with Gasteiger partial charge >= 0.3 is 5.97 Å². The predicted molar refractivity (Wildman–Crippen MR) is 158 cm³/mol. The van der Waals surface area contributed by atoms with Crippen molar-refractivity contribution in [2.24, 2.45) is 17.8 Å². The lowest BCUT2D eigenvalue weighted by Gasteiger charge is -2.39. The molecule has 3 heterocycles. The van der Waals surface area contributed by atoms with Crippen molar-refractivity contribution in [2.75, 3.05) is 50.7 Å². The fourth-order valence-electron chi connectivity index (χ4n) is 8.30. The fraction of sp³-hybridized carbons (Fsp3) is 0.618. The maximum Gasteiger partial charge on any atom is 0.321 e. The second-order valence-corrected chi connectivity index (χ2v) is 12.8. The van der Waals surface area contributed by atoms with E-state index in [1.54, 1.807) is 0 Å². The standard InChI is InChI=1S/C34H47N3O2/c38-34(39)33(29-13-5-2-6-14-29)37-24-30(31(25-37)27-10-3-1-4-11-27)23-35-20-17-26(18-21-35)22-36-19-9-15-28-12-7-8-16-32(28)36/h1,3-4,7-8,10-12,16,26,29-31,33H,2,5-6,9,13-15,17-25H2,(H,38,39). The van der Waals surface area contributed by atoms with Gasteiger partial charge in [-0.15, -0.1) is 0 Å². The van der Waals surface area contributed by atoms with Crippen molar-refractivity contribution >= 4 is 11.7 Å². The number of aryl methyl sites for hydroxylation is 1. The molecule has 2 aromatic rings. The first-order valence-corrected chi connectivity index (χ1v) is 15.7. The van der Waals surface area contributed by atoms with Gasteiger partial charge in [0, 0.05) is 44.3 Å². The van der Waals surface area contributed by atoms with Gasteiger partial charge in [-0.3, -0.25) is 9.69 Å². The molecular formula is C34H47N3O2. The van der Waals surface area contributed by atoms with Crippen molar-refractivity contribution in [3.63, 3.8) is 0 Å². The molecular weight excluding hydrogens is 482 g/mol. The van der Waals surface area contributed by atoms with Gasteiger partial charge in [-0.2, -0.15) is 0 Å². The summed E-state index contributed by atoms with van der Waals surface area (Å²) >= 11 is 0. The van der Waals surface area contributed by atoms with E-state index in [-0.39, 0.29) is 6.04 Å². The molecule has 0 aromatic heterocycles. The maximum atomic E-state index is 12.5. The Morgan fingerprint density at radius 2 is 1.56 bits per heavy atom. The van der Waals surface area contributed by atoms with Gasteiger partial charge in [0.15, 0.2) is 0 Å². The van der Waals surface area contributed by atoms with Crippen LogP contribution in [-0.4, -0.2) is 72.7 Å². The van der Waals surface area contributed by atoms with Gasteiger partial charge in [0.2, 0.25) is 0 Å². The summed E-state index contributed by atoms with van der Waals surface area (Å²) in [5.41, 5.74) is 4.37. The van der Waals surface area contributed by atoms with Crippen molar-refractivity contribution in [3.8, 4) is 0 Å². The van der Waals surface area contributed by atoms with Crippen LogP contribution in [0.3, 0.4) is 0 Å². The molecule has 1 saturated carbocycles. The van der Waals surface area contributed by atoms with Crippen LogP contribution in [0.25, 0.3) is 0 Å². The van der Waals surface area contributed by atoms with Crippen molar-refractivity contribution in [2.45, 2.75) is 69.7 Å². The van der Waals surface area contributed by atoms with E-state index in [0.717, 1.165) is 38.4 Å². The Hall–Kier alpha value is -2.37. The molecule has 1 aliphatic carbocycles. The van der Waals surface area contributed by atoms with Crippen LogP contribution in [0.15, 0.2) is 54.6 Å². The smallest absolute Gasteiger partial charge is 0.321 e. The van der Waals surface area contributed by atoms with Crippen LogP contribution >= 0.6 is 0 Å². The number of hydrogen-bond donors (Lipinski definition) is 1. The second kappa shape index (κ2) is 12.4. The quantitative estimate of drug-likeness (QED) is 0.461. The minimum absolute atomic E-state index is 0.307. The van der Waals surface area contributed by atoms with E-state index in [0.29, 0.717) is 17.8 Å². The predicted octanol–water partition coefficient (Wildman–Crippen LogP) is 5.90. The van der Waals surface area contributed by atoms with Gasteiger partial charge < -0.3 is 14.9 Å². The minimum Gasteiger partial charge on any atom is -0.480 e. The number of piperidine rings is 1. The number of rotatable bonds is 8. The summed E-state index contributed by atoms with van der Waals surface area (Å²) < 4.78 is 0. The zero-order valence-corrected chi connectivity index (χ0v) is 23.6. The number of carboxylic acids is 1. The molecule has 4 aliphatic rings. The average Bonchev–Trinajstić information content (AvgIpc) is 3.38. The van der Waals surface area contributed by atoms with Crippen molar-refractivity contribution in [3.05, 3.63) is 65.7 Å². The Bertz CT molecular complexity index is 1080. The first-order valence-electron chi connectivity index (χ1n) is 15.7. The molecule has 5 heteroatoms. The van der Waals surface area contributed by atoms with E-state index < -0.39 is 5.97 Å². The Morgan fingerprint density at radius 3 is 2.33 bits per heavy atom. The van der Waals surface area contributed by atoms with E-state index in [2.05, 4.69) is 69.3 Å². The lowest BCUT2D eigenvalue weighted by Crippen LogP contribution is -2.46. The minimum atomic E-state index is -0.602. The van der Waals surface area contributed by atoms with Crippen LogP contribution in [0.5, 0.6) is 0 Å². The summed E-state index contributed by atoms with van der Waals surface area (Å²) in [7, 11) is 0. The third-order valence-corrected chi connectivity index (χ3v) is 10.3. The van der Waals surface area contributed by atoms with Crippen LogP contribution in [-0.2, 0) is 11.2 Å². The van der Waals surface area contributed by atoms with Crippen LogP contribution in [0.1, 0.15) is 68.4 Å². The highest BCUT2D eigenvalue weighted by molar-refractivity contribution is 5.74. The number of likely N-dealkylation sites (tertiary alicyclic amines) is 2. The van der Waals surface area contributed by atoms with Crippen LogP contribution < -0.4 is 4.90 Å². The second-order valence-electron chi connectivity index (χ2n) is 12.8. The van der Waals surface area contributed by atoms with E-state index in [1.807, 2.05) is 0 Å². The summed E-state index contributed by atoms with van der Waals surface area (Å²) in [6.07, 6.45) is 10.8. The molecule has 210 valence electrons.